The van der Waals surface area contributed by atoms with Crippen LogP contribution in [-0.4, -0.2) is 38.5 Å². The number of aliphatic carboxylic acids is 1. The number of carbonyl (C=O) groups excluding carboxylic acids is 1. The normalized spacial score (nSPS) is 13.8. The molecule has 1 aliphatic heterocycles. The Morgan fingerprint density at radius 2 is 1.85 bits per heavy atom. The summed E-state index contributed by atoms with van der Waals surface area (Å²) in [5.74, 6) is -2.03. The van der Waals surface area contributed by atoms with Crippen LogP contribution >= 0.6 is 0 Å². The minimum Gasteiger partial charge on any atom is -0.507 e. The van der Waals surface area contributed by atoms with Crippen LogP contribution in [0.25, 0.3) is 16.5 Å². The van der Waals surface area contributed by atoms with Crippen LogP contribution in [-0.2, 0) is 11.2 Å². The fraction of sp³-hybridized carbons (Fsp3) is 0.100. The van der Waals surface area contributed by atoms with Crippen LogP contribution in [0.15, 0.2) is 48.7 Å². The van der Waals surface area contributed by atoms with E-state index in [-0.39, 0.29) is 23.4 Å². The Labute approximate surface area is 153 Å². The number of amides is 1. The SMILES string of the molecule is O=C(O)C1=CN(C(=O)c2ccc(F)cc2)CCc2c1[nH]c1cccc(O)c21. The maximum atomic E-state index is 13.1. The maximum absolute atomic E-state index is 13.1. The van der Waals surface area contributed by atoms with E-state index >= 15 is 0 Å². The lowest BCUT2D eigenvalue weighted by atomic mass is 10.0. The van der Waals surface area contributed by atoms with E-state index in [1.807, 2.05) is 0 Å². The van der Waals surface area contributed by atoms with Gasteiger partial charge in [-0.25, -0.2) is 9.18 Å². The number of carboxylic acid groups (broad SMARTS) is 1. The molecule has 0 fully saturated rings. The van der Waals surface area contributed by atoms with Crippen LogP contribution in [0.3, 0.4) is 0 Å². The highest BCUT2D eigenvalue weighted by Gasteiger charge is 2.27. The van der Waals surface area contributed by atoms with Crippen LogP contribution in [0.2, 0.25) is 0 Å². The van der Waals surface area contributed by atoms with E-state index in [1.165, 1.54) is 41.4 Å². The quantitative estimate of drug-likeness (QED) is 0.650. The van der Waals surface area contributed by atoms with E-state index in [9.17, 15) is 24.2 Å². The molecule has 0 saturated carbocycles. The third-order valence-corrected chi connectivity index (χ3v) is 4.65. The first-order chi connectivity index (χ1) is 13.0. The van der Waals surface area contributed by atoms with Crippen LogP contribution in [0.1, 0.15) is 21.6 Å². The third-order valence-electron chi connectivity index (χ3n) is 4.65. The van der Waals surface area contributed by atoms with E-state index < -0.39 is 17.7 Å². The third kappa shape index (κ3) is 2.83. The number of hydrogen-bond acceptors (Lipinski definition) is 3. The fourth-order valence-corrected chi connectivity index (χ4v) is 3.37. The van der Waals surface area contributed by atoms with Crippen molar-refractivity contribution in [2.75, 3.05) is 6.54 Å². The van der Waals surface area contributed by atoms with E-state index in [4.69, 9.17) is 0 Å². The Balaban J connectivity index is 1.81. The molecule has 7 heteroatoms. The molecule has 1 amide bonds. The molecule has 0 spiro atoms. The van der Waals surface area contributed by atoms with Crippen molar-refractivity contribution in [3.8, 4) is 5.75 Å². The minimum absolute atomic E-state index is 0.0491. The number of halogens is 1. The van der Waals surface area contributed by atoms with Gasteiger partial charge in [0.05, 0.1) is 11.3 Å². The molecule has 2 aromatic carbocycles. The second kappa shape index (κ2) is 6.28. The number of aromatic nitrogens is 1. The van der Waals surface area contributed by atoms with Crippen molar-refractivity contribution in [1.82, 2.24) is 9.88 Å². The molecule has 0 aliphatic carbocycles. The standard InChI is InChI=1S/C20H15FN2O4/c21-12-6-4-11(5-7-12)19(25)23-9-8-13-17-15(2-1-3-16(17)24)22-18(13)14(10-23)20(26)27/h1-7,10,22,24H,8-9H2,(H,26,27). The second-order valence-corrected chi connectivity index (χ2v) is 6.28. The predicted octanol–water partition coefficient (Wildman–Crippen LogP) is 3.14. The average Bonchev–Trinajstić information content (AvgIpc) is 2.91. The highest BCUT2D eigenvalue weighted by molar-refractivity contribution is 6.17. The van der Waals surface area contributed by atoms with Crippen molar-refractivity contribution in [1.29, 1.82) is 0 Å². The molecule has 0 unspecified atom stereocenters. The zero-order valence-corrected chi connectivity index (χ0v) is 14.1. The summed E-state index contributed by atoms with van der Waals surface area (Å²) in [6, 6.07) is 10.0. The number of carboxylic acids is 1. The van der Waals surface area contributed by atoms with Crippen molar-refractivity contribution in [2.45, 2.75) is 6.42 Å². The Morgan fingerprint density at radius 3 is 2.56 bits per heavy atom. The first-order valence-electron chi connectivity index (χ1n) is 8.30. The fourth-order valence-electron chi connectivity index (χ4n) is 3.37. The van der Waals surface area contributed by atoms with Gasteiger partial charge in [0.15, 0.2) is 0 Å². The molecule has 0 bridgehead atoms. The summed E-state index contributed by atoms with van der Waals surface area (Å²) in [6.45, 7) is 0.223. The molecule has 3 aromatic rings. The van der Waals surface area contributed by atoms with E-state index in [1.54, 1.807) is 12.1 Å². The van der Waals surface area contributed by atoms with Gasteiger partial charge in [-0.15, -0.1) is 0 Å². The van der Waals surface area contributed by atoms with E-state index in [2.05, 4.69) is 4.98 Å². The van der Waals surface area contributed by atoms with Gasteiger partial charge >= 0.3 is 5.97 Å². The number of hydrogen-bond donors (Lipinski definition) is 3. The monoisotopic (exact) mass is 366 g/mol. The summed E-state index contributed by atoms with van der Waals surface area (Å²) in [7, 11) is 0. The summed E-state index contributed by atoms with van der Waals surface area (Å²) < 4.78 is 13.1. The Hall–Kier alpha value is -3.61. The van der Waals surface area contributed by atoms with E-state index in [0.717, 1.165) is 0 Å². The van der Waals surface area contributed by atoms with Crippen LogP contribution < -0.4 is 0 Å². The molecular weight excluding hydrogens is 351 g/mol. The van der Waals surface area contributed by atoms with Gasteiger partial charge in [0, 0.05) is 29.2 Å². The number of rotatable bonds is 2. The number of H-pyrrole nitrogens is 1. The van der Waals surface area contributed by atoms with Crippen LogP contribution in [0.4, 0.5) is 4.39 Å². The lowest BCUT2D eigenvalue weighted by Gasteiger charge is -2.17. The smallest absolute Gasteiger partial charge is 0.339 e. The first kappa shape index (κ1) is 16.8. The average molecular weight is 366 g/mol. The van der Waals surface area contributed by atoms with Crippen LogP contribution in [0, 0.1) is 5.82 Å². The molecule has 27 heavy (non-hydrogen) atoms. The molecular formula is C20H15FN2O4. The van der Waals surface area contributed by atoms with Gasteiger partial charge < -0.3 is 20.1 Å². The summed E-state index contributed by atoms with van der Waals surface area (Å²) in [5, 5.41) is 20.4. The van der Waals surface area contributed by atoms with Gasteiger partial charge in [-0.3, -0.25) is 4.79 Å². The number of carbonyl (C=O) groups is 2. The number of benzene rings is 2. The Bertz CT molecular complexity index is 1100. The number of phenols is 1. The van der Waals surface area contributed by atoms with Crippen molar-refractivity contribution in [3.05, 3.63) is 71.3 Å². The topological polar surface area (TPSA) is 93.6 Å². The Kier molecular flexibility index (Phi) is 3.92. The van der Waals surface area contributed by atoms with Gasteiger partial charge in [-0.2, -0.15) is 0 Å². The molecule has 1 aromatic heterocycles. The summed E-state index contributed by atoms with van der Waals surface area (Å²) in [4.78, 5) is 28.9. The minimum atomic E-state index is -1.19. The van der Waals surface area contributed by atoms with Gasteiger partial charge in [-0.1, -0.05) is 6.07 Å². The largest absolute Gasteiger partial charge is 0.507 e. The second-order valence-electron chi connectivity index (χ2n) is 6.28. The Morgan fingerprint density at radius 1 is 1.11 bits per heavy atom. The summed E-state index contributed by atoms with van der Waals surface area (Å²) in [6.07, 6.45) is 1.64. The van der Waals surface area contributed by atoms with Gasteiger partial charge in [-0.05, 0) is 48.4 Å². The van der Waals surface area contributed by atoms with Crippen molar-refractivity contribution in [2.24, 2.45) is 0 Å². The summed E-state index contributed by atoms with van der Waals surface area (Å²) in [5.41, 5.74) is 1.83. The maximum Gasteiger partial charge on any atom is 0.339 e. The predicted molar refractivity (Wildman–Crippen MR) is 96.7 cm³/mol. The van der Waals surface area contributed by atoms with E-state index in [0.29, 0.717) is 28.6 Å². The lowest BCUT2D eigenvalue weighted by molar-refractivity contribution is -0.130. The molecule has 1 aliphatic rings. The molecule has 2 heterocycles. The highest BCUT2D eigenvalue weighted by Crippen LogP contribution is 2.35. The van der Waals surface area contributed by atoms with Crippen molar-refractivity contribution < 1.29 is 24.2 Å². The van der Waals surface area contributed by atoms with Gasteiger partial charge in [0.1, 0.15) is 11.6 Å². The zero-order chi connectivity index (χ0) is 19.1. The van der Waals surface area contributed by atoms with Crippen LogP contribution in [0.5, 0.6) is 5.75 Å². The number of nitrogens with zero attached hydrogens (tertiary/aromatic N) is 1. The molecule has 0 radical (unpaired) electrons. The number of phenolic OH excluding ortho intramolecular Hbond substituents is 1. The highest BCUT2D eigenvalue weighted by atomic mass is 19.1. The number of aromatic amines is 1. The van der Waals surface area contributed by atoms with Crippen molar-refractivity contribution >= 4 is 28.4 Å². The molecule has 136 valence electrons. The number of fused-ring (bicyclic) bond motifs is 3. The lowest BCUT2D eigenvalue weighted by Crippen LogP contribution is -2.27. The summed E-state index contributed by atoms with van der Waals surface area (Å²) >= 11 is 0. The molecule has 3 N–H and O–H groups in total. The van der Waals surface area contributed by atoms with Gasteiger partial charge in [0.25, 0.3) is 5.91 Å². The molecule has 0 saturated heterocycles. The number of aromatic hydroxyl groups is 1. The zero-order valence-electron chi connectivity index (χ0n) is 14.1. The molecule has 6 nitrogen and oxygen atoms in total. The van der Waals surface area contributed by atoms with Crippen molar-refractivity contribution in [3.63, 3.8) is 0 Å². The molecule has 0 atom stereocenters. The number of nitrogens with one attached hydrogen (secondary N) is 1. The first-order valence-corrected chi connectivity index (χ1v) is 8.30. The molecule has 4 rings (SSSR count). The van der Waals surface area contributed by atoms with Gasteiger partial charge in [0.2, 0.25) is 0 Å².